The van der Waals surface area contributed by atoms with Gasteiger partial charge in [0.05, 0.1) is 20.6 Å². The Labute approximate surface area is 167 Å². The van der Waals surface area contributed by atoms with Crippen LogP contribution in [0.15, 0.2) is 42.5 Å². The summed E-state index contributed by atoms with van der Waals surface area (Å²) in [4.78, 5) is 48.1. The van der Waals surface area contributed by atoms with E-state index < -0.39 is 41.7 Å². The molecule has 1 amide bonds. The Kier molecular flexibility index (Phi) is 7.30. The van der Waals surface area contributed by atoms with Crippen LogP contribution in [0.2, 0.25) is 0 Å². The van der Waals surface area contributed by atoms with Crippen molar-refractivity contribution < 1.29 is 33.8 Å². The number of ether oxygens (including phenoxy) is 2. The first-order valence-corrected chi connectivity index (χ1v) is 8.94. The molecule has 2 rings (SSSR count). The maximum absolute atomic E-state index is 12.5. The Balaban J connectivity index is 2.17. The summed E-state index contributed by atoms with van der Waals surface area (Å²) >= 11 is 0. The van der Waals surface area contributed by atoms with Gasteiger partial charge in [-0.2, -0.15) is 0 Å². The Morgan fingerprint density at radius 3 is 2.10 bits per heavy atom. The molecule has 8 nitrogen and oxygen atoms in total. The van der Waals surface area contributed by atoms with E-state index in [1.807, 2.05) is 36.4 Å². The van der Waals surface area contributed by atoms with Crippen molar-refractivity contribution in [3.8, 4) is 0 Å². The van der Waals surface area contributed by atoms with E-state index in [1.54, 1.807) is 6.07 Å². The molecule has 0 heterocycles. The first-order valence-electron chi connectivity index (χ1n) is 8.94. The van der Waals surface area contributed by atoms with Crippen LogP contribution in [0.3, 0.4) is 0 Å². The van der Waals surface area contributed by atoms with E-state index in [1.165, 1.54) is 6.92 Å². The average Bonchev–Trinajstić information content (AvgIpc) is 2.71. The Morgan fingerprint density at radius 2 is 1.55 bits per heavy atom. The van der Waals surface area contributed by atoms with Crippen LogP contribution in [0.25, 0.3) is 10.8 Å². The van der Waals surface area contributed by atoms with Crippen molar-refractivity contribution in [1.82, 2.24) is 5.32 Å². The highest BCUT2D eigenvalue weighted by Gasteiger charge is 2.41. The van der Waals surface area contributed by atoms with Gasteiger partial charge >= 0.3 is 17.9 Å². The number of methoxy groups -OCH3 is 2. The topological polar surface area (TPSA) is 119 Å². The van der Waals surface area contributed by atoms with Crippen LogP contribution in [-0.4, -0.2) is 49.2 Å². The monoisotopic (exact) mass is 401 g/mol. The minimum Gasteiger partial charge on any atom is -0.480 e. The summed E-state index contributed by atoms with van der Waals surface area (Å²) in [7, 11) is 2.16. The molecule has 8 heteroatoms. The molecule has 0 fully saturated rings. The Bertz CT molecular complexity index is 908. The van der Waals surface area contributed by atoms with Crippen LogP contribution in [-0.2, 0) is 35.1 Å². The number of hydrogen-bond donors (Lipinski definition) is 2. The maximum Gasteiger partial charge on any atom is 0.326 e. The second-order valence-corrected chi connectivity index (χ2v) is 6.62. The smallest absolute Gasteiger partial charge is 0.326 e. The Hall–Kier alpha value is -3.42. The summed E-state index contributed by atoms with van der Waals surface area (Å²) in [6.07, 6.45) is -0.0531. The molecular weight excluding hydrogens is 378 g/mol. The summed E-state index contributed by atoms with van der Waals surface area (Å²) in [6.45, 7) is 1.37. The average molecular weight is 401 g/mol. The van der Waals surface area contributed by atoms with Crippen molar-refractivity contribution in [3.63, 3.8) is 0 Å². The van der Waals surface area contributed by atoms with E-state index in [0.717, 1.165) is 25.0 Å². The van der Waals surface area contributed by atoms with Crippen LogP contribution < -0.4 is 5.32 Å². The minimum atomic E-state index is -1.48. The highest BCUT2D eigenvalue weighted by atomic mass is 16.5. The van der Waals surface area contributed by atoms with Gasteiger partial charge in [0.2, 0.25) is 5.91 Å². The summed E-state index contributed by atoms with van der Waals surface area (Å²) in [5, 5.41) is 13.9. The molecule has 0 aliphatic heterocycles. The van der Waals surface area contributed by atoms with E-state index in [4.69, 9.17) is 0 Å². The lowest BCUT2D eigenvalue weighted by Crippen LogP contribution is -2.50. The van der Waals surface area contributed by atoms with Gasteiger partial charge in [0.15, 0.2) is 5.92 Å². The van der Waals surface area contributed by atoms with Crippen molar-refractivity contribution >= 4 is 34.6 Å². The molecule has 2 atom stereocenters. The van der Waals surface area contributed by atoms with Crippen LogP contribution >= 0.6 is 0 Å². The van der Waals surface area contributed by atoms with Crippen LogP contribution in [0.1, 0.15) is 12.5 Å². The third-order valence-corrected chi connectivity index (χ3v) is 4.72. The molecule has 0 saturated heterocycles. The summed E-state index contributed by atoms with van der Waals surface area (Å²) in [5.74, 6) is -6.35. The van der Waals surface area contributed by atoms with E-state index in [2.05, 4.69) is 14.8 Å². The molecule has 0 aromatic heterocycles. The van der Waals surface area contributed by atoms with E-state index >= 15 is 0 Å². The molecule has 0 bridgehead atoms. The number of nitrogens with one attached hydrogen (secondary N) is 1. The molecule has 2 N–H and O–H groups in total. The van der Waals surface area contributed by atoms with E-state index in [-0.39, 0.29) is 6.42 Å². The SMILES string of the molecule is COC(=O)C(C(=O)OC)[C@H](C)[C@H](NC(=O)Cc1ccc2ccccc2c1)C(=O)O. The van der Waals surface area contributed by atoms with Gasteiger partial charge in [0.25, 0.3) is 0 Å². The molecule has 0 saturated carbocycles. The molecule has 0 aliphatic carbocycles. The molecule has 0 unspecified atom stereocenters. The number of aliphatic carboxylic acids is 1. The fourth-order valence-electron chi connectivity index (χ4n) is 3.15. The van der Waals surface area contributed by atoms with Gasteiger partial charge in [0.1, 0.15) is 6.04 Å². The molecule has 0 spiro atoms. The van der Waals surface area contributed by atoms with Crippen molar-refractivity contribution in [1.29, 1.82) is 0 Å². The molecule has 2 aromatic carbocycles. The highest BCUT2D eigenvalue weighted by Crippen LogP contribution is 2.20. The van der Waals surface area contributed by atoms with Gasteiger partial charge in [-0.15, -0.1) is 0 Å². The standard InChI is InChI=1S/C21H23NO7/c1-12(17(20(26)28-2)21(27)29-3)18(19(24)25)22-16(23)11-13-8-9-14-6-4-5-7-15(14)10-13/h4-10,12,17-18H,11H2,1-3H3,(H,22,23)(H,24,25)/t12-,18-/m0/s1. The predicted octanol–water partition coefficient (Wildman–Crippen LogP) is 1.55. The predicted molar refractivity (Wildman–Crippen MR) is 104 cm³/mol. The second kappa shape index (κ2) is 9.68. The van der Waals surface area contributed by atoms with Gasteiger partial charge in [-0.05, 0) is 16.3 Å². The fraction of sp³-hybridized carbons (Fsp3) is 0.333. The fourth-order valence-corrected chi connectivity index (χ4v) is 3.15. The van der Waals surface area contributed by atoms with Gasteiger partial charge in [-0.3, -0.25) is 14.4 Å². The summed E-state index contributed by atoms with van der Waals surface area (Å²) in [5.41, 5.74) is 0.704. The molecule has 29 heavy (non-hydrogen) atoms. The highest BCUT2D eigenvalue weighted by molar-refractivity contribution is 5.96. The van der Waals surface area contributed by atoms with Gasteiger partial charge < -0.3 is 19.9 Å². The molecule has 0 radical (unpaired) electrons. The maximum atomic E-state index is 12.5. The number of hydrogen-bond acceptors (Lipinski definition) is 6. The molecule has 2 aromatic rings. The number of carbonyl (C=O) groups excluding carboxylic acids is 3. The number of amides is 1. The molecule has 154 valence electrons. The zero-order chi connectivity index (χ0) is 21.6. The second-order valence-electron chi connectivity index (χ2n) is 6.62. The van der Waals surface area contributed by atoms with Crippen LogP contribution in [0.5, 0.6) is 0 Å². The number of esters is 2. The number of carboxylic acids is 1. The quantitative estimate of drug-likeness (QED) is 0.509. The number of carbonyl (C=O) groups is 4. The number of rotatable bonds is 8. The first-order chi connectivity index (χ1) is 13.8. The summed E-state index contributed by atoms with van der Waals surface area (Å²) in [6, 6.07) is 11.7. The van der Waals surface area contributed by atoms with Crippen molar-refractivity contribution in [2.45, 2.75) is 19.4 Å². The van der Waals surface area contributed by atoms with Gasteiger partial charge in [-0.25, -0.2) is 4.79 Å². The normalized spacial score (nSPS) is 12.8. The van der Waals surface area contributed by atoms with Crippen molar-refractivity contribution in [2.24, 2.45) is 11.8 Å². The number of benzene rings is 2. The van der Waals surface area contributed by atoms with Crippen LogP contribution in [0.4, 0.5) is 0 Å². The van der Waals surface area contributed by atoms with Crippen molar-refractivity contribution in [2.75, 3.05) is 14.2 Å². The lowest BCUT2D eigenvalue weighted by atomic mass is 9.87. The van der Waals surface area contributed by atoms with Crippen molar-refractivity contribution in [3.05, 3.63) is 48.0 Å². The Morgan fingerprint density at radius 1 is 0.966 bits per heavy atom. The van der Waals surface area contributed by atoms with Gasteiger partial charge in [-0.1, -0.05) is 49.4 Å². The zero-order valence-corrected chi connectivity index (χ0v) is 16.4. The molecule has 0 aliphatic rings. The third-order valence-electron chi connectivity index (χ3n) is 4.72. The van der Waals surface area contributed by atoms with Crippen LogP contribution in [0, 0.1) is 11.8 Å². The van der Waals surface area contributed by atoms with E-state index in [0.29, 0.717) is 5.56 Å². The summed E-state index contributed by atoms with van der Waals surface area (Å²) < 4.78 is 9.16. The first kappa shape index (κ1) is 21.9. The lowest BCUT2D eigenvalue weighted by molar-refractivity contribution is -0.163. The van der Waals surface area contributed by atoms with E-state index in [9.17, 15) is 24.3 Å². The molecular formula is C21H23NO7. The largest absolute Gasteiger partial charge is 0.480 e. The lowest BCUT2D eigenvalue weighted by Gasteiger charge is -2.26. The zero-order valence-electron chi connectivity index (χ0n) is 16.4. The van der Waals surface area contributed by atoms with Gasteiger partial charge in [0, 0.05) is 5.92 Å². The minimum absolute atomic E-state index is 0.0531. The number of carboxylic acid groups (broad SMARTS) is 1. The third kappa shape index (κ3) is 5.31. The number of fused-ring (bicyclic) bond motifs is 1.